The molecule has 0 radical (unpaired) electrons. The lowest BCUT2D eigenvalue weighted by Crippen LogP contribution is -2.38. The van der Waals surface area contributed by atoms with Crippen LogP contribution in [0.5, 0.6) is 0 Å². The molecule has 0 amide bonds. The molecule has 1 aromatic rings. The number of benzene rings is 1. The topological polar surface area (TPSA) is 72.2 Å². The highest BCUT2D eigenvalue weighted by atomic mass is 79.9. The minimum atomic E-state index is -3.72. The van der Waals surface area contributed by atoms with Gasteiger partial charge in [0.2, 0.25) is 10.0 Å². The Morgan fingerprint density at radius 3 is 2.75 bits per heavy atom. The molecule has 1 saturated carbocycles. The Bertz CT molecular complexity index is 607. The summed E-state index contributed by atoms with van der Waals surface area (Å²) in [6.45, 7) is 2.11. The van der Waals surface area contributed by atoms with E-state index in [1.807, 2.05) is 0 Å². The first kappa shape index (κ1) is 15.7. The van der Waals surface area contributed by atoms with Crippen molar-refractivity contribution in [1.82, 2.24) is 4.72 Å². The minimum Gasteiger partial charge on any atom is -0.398 e. The molecule has 0 saturated heterocycles. The van der Waals surface area contributed by atoms with Crippen LogP contribution in [0.15, 0.2) is 21.5 Å². The van der Waals surface area contributed by atoms with Crippen molar-refractivity contribution in [3.05, 3.63) is 22.4 Å². The summed E-state index contributed by atoms with van der Waals surface area (Å²) in [5.74, 6) is -0.0681. The monoisotopic (exact) mass is 364 g/mol. The first-order chi connectivity index (χ1) is 9.29. The van der Waals surface area contributed by atoms with Gasteiger partial charge in [-0.25, -0.2) is 17.5 Å². The van der Waals surface area contributed by atoms with Crippen molar-refractivity contribution in [1.29, 1.82) is 0 Å². The van der Waals surface area contributed by atoms with E-state index >= 15 is 0 Å². The van der Waals surface area contributed by atoms with Gasteiger partial charge in [-0.3, -0.25) is 0 Å². The summed E-state index contributed by atoms with van der Waals surface area (Å²) in [5, 5.41) is 0. The highest BCUT2D eigenvalue weighted by Crippen LogP contribution is 2.28. The number of nitrogens with two attached hydrogens (primary N) is 1. The summed E-state index contributed by atoms with van der Waals surface area (Å²) in [6, 6.07) is 2.15. The molecule has 0 heterocycles. The Morgan fingerprint density at radius 1 is 1.40 bits per heavy atom. The van der Waals surface area contributed by atoms with E-state index in [0.29, 0.717) is 5.92 Å². The maximum atomic E-state index is 13.3. The molecule has 4 nitrogen and oxygen atoms in total. The van der Waals surface area contributed by atoms with Gasteiger partial charge in [-0.1, -0.05) is 19.8 Å². The summed E-state index contributed by atoms with van der Waals surface area (Å²) < 4.78 is 40.8. The molecule has 1 aliphatic carbocycles. The van der Waals surface area contributed by atoms with Gasteiger partial charge in [0, 0.05) is 6.04 Å². The van der Waals surface area contributed by atoms with E-state index in [2.05, 4.69) is 27.6 Å². The normalized spacial score (nSPS) is 23.8. The van der Waals surface area contributed by atoms with Crippen LogP contribution in [0.1, 0.15) is 32.6 Å². The van der Waals surface area contributed by atoms with Crippen LogP contribution in [0.3, 0.4) is 0 Å². The van der Waals surface area contributed by atoms with Gasteiger partial charge in [0.25, 0.3) is 0 Å². The molecule has 1 aliphatic rings. The third-order valence-corrected chi connectivity index (χ3v) is 5.78. The third kappa shape index (κ3) is 3.51. The summed E-state index contributed by atoms with van der Waals surface area (Å²) in [6.07, 6.45) is 3.78. The fraction of sp³-hybridized carbons (Fsp3) is 0.538. The second-order valence-electron chi connectivity index (χ2n) is 5.39. The second kappa shape index (κ2) is 5.99. The van der Waals surface area contributed by atoms with Crippen molar-refractivity contribution < 1.29 is 12.8 Å². The van der Waals surface area contributed by atoms with Crippen LogP contribution in [-0.2, 0) is 10.0 Å². The van der Waals surface area contributed by atoms with E-state index < -0.39 is 15.8 Å². The molecular weight excluding hydrogens is 347 g/mol. The quantitative estimate of drug-likeness (QED) is 0.809. The minimum absolute atomic E-state index is 0.0769. The number of rotatable bonds is 3. The number of anilines is 1. The predicted molar refractivity (Wildman–Crippen MR) is 80.3 cm³/mol. The molecule has 0 aromatic heterocycles. The highest BCUT2D eigenvalue weighted by Gasteiger charge is 2.26. The van der Waals surface area contributed by atoms with Crippen molar-refractivity contribution in [2.75, 3.05) is 5.73 Å². The van der Waals surface area contributed by atoms with E-state index in [4.69, 9.17) is 5.73 Å². The molecule has 2 rings (SSSR count). The Hall–Kier alpha value is -0.660. The van der Waals surface area contributed by atoms with Gasteiger partial charge in [0.1, 0.15) is 10.7 Å². The number of sulfonamides is 1. The van der Waals surface area contributed by atoms with Crippen LogP contribution < -0.4 is 10.5 Å². The van der Waals surface area contributed by atoms with Crippen LogP contribution in [0.4, 0.5) is 10.1 Å². The first-order valence-electron chi connectivity index (χ1n) is 6.56. The molecule has 3 N–H and O–H groups in total. The van der Waals surface area contributed by atoms with Gasteiger partial charge >= 0.3 is 0 Å². The van der Waals surface area contributed by atoms with Crippen LogP contribution in [0.25, 0.3) is 0 Å². The number of hydrogen-bond acceptors (Lipinski definition) is 3. The summed E-state index contributed by atoms with van der Waals surface area (Å²) in [7, 11) is -3.72. The number of hydrogen-bond donors (Lipinski definition) is 2. The summed E-state index contributed by atoms with van der Waals surface area (Å²) >= 11 is 2.98. The third-order valence-electron chi connectivity index (χ3n) is 3.60. The van der Waals surface area contributed by atoms with Crippen molar-refractivity contribution in [3.8, 4) is 0 Å². The molecule has 2 atom stereocenters. The zero-order valence-electron chi connectivity index (χ0n) is 11.2. The SMILES string of the molecule is CC1CCCC(NS(=O)(=O)c2cc(Br)c(F)cc2N)C1. The molecule has 20 heavy (non-hydrogen) atoms. The number of nitrogen functional groups attached to an aromatic ring is 1. The van der Waals surface area contributed by atoms with Crippen molar-refractivity contribution in [2.24, 2.45) is 5.92 Å². The Morgan fingerprint density at radius 2 is 2.10 bits per heavy atom. The molecule has 0 bridgehead atoms. The van der Waals surface area contributed by atoms with Gasteiger partial charge in [0.15, 0.2) is 0 Å². The number of halogens is 2. The molecule has 7 heteroatoms. The Balaban J connectivity index is 2.24. The smallest absolute Gasteiger partial charge is 0.242 e. The van der Waals surface area contributed by atoms with Gasteiger partial charge in [-0.2, -0.15) is 0 Å². The molecule has 112 valence electrons. The Kier molecular flexibility index (Phi) is 4.71. The van der Waals surface area contributed by atoms with Crippen LogP contribution >= 0.6 is 15.9 Å². The molecule has 0 aliphatic heterocycles. The lowest BCUT2D eigenvalue weighted by Gasteiger charge is -2.27. The standard InChI is InChI=1S/C13H18BrFN2O2S/c1-8-3-2-4-9(5-8)17-20(18,19)13-6-10(14)11(15)7-12(13)16/h6-9,17H,2-5,16H2,1H3. The largest absolute Gasteiger partial charge is 0.398 e. The lowest BCUT2D eigenvalue weighted by molar-refractivity contribution is 0.327. The van der Waals surface area contributed by atoms with E-state index in [1.54, 1.807) is 0 Å². The maximum Gasteiger partial charge on any atom is 0.242 e. The molecular formula is C13H18BrFN2O2S. The van der Waals surface area contributed by atoms with Gasteiger partial charge in [-0.15, -0.1) is 0 Å². The van der Waals surface area contributed by atoms with E-state index in [-0.39, 0.29) is 21.1 Å². The maximum absolute atomic E-state index is 13.3. The zero-order valence-corrected chi connectivity index (χ0v) is 13.6. The van der Waals surface area contributed by atoms with E-state index in [9.17, 15) is 12.8 Å². The van der Waals surface area contributed by atoms with Gasteiger partial charge in [-0.05, 0) is 46.8 Å². The van der Waals surface area contributed by atoms with E-state index in [1.165, 1.54) is 6.07 Å². The zero-order chi connectivity index (χ0) is 14.9. The average molecular weight is 365 g/mol. The fourth-order valence-electron chi connectivity index (χ4n) is 2.60. The fourth-order valence-corrected chi connectivity index (χ4v) is 4.52. The van der Waals surface area contributed by atoms with Crippen molar-refractivity contribution >= 4 is 31.6 Å². The van der Waals surface area contributed by atoms with Crippen LogP contribution in [-0.4, -0.2) is 14.5 Å². The second-order valence-corrected chi connectivity index (χ2v) is 7.93. The van der Waals surface area contributed by atoms with Crippen LogP contribution in [0.2, 0.25) is 0 Å². The van der Waals surface area contributed by atoms with Gasteiger partial charge in [0.05, 0.1) is 10.2 Å². The highest BCUT2D eigenvalue weighted by molar-refractivity contribution is 9.10. The summed E-state index contributed by atoms with van der Waals surface area (Å²) in [5.41, 5.74) is 5.55. The summed E-state index contributed by atoms with van der Waals surface area (Å²) in [4.78, 5) is -0.0796. The van der Waals surface area contributed by atoms with Gasteiger partial charge < -0.3 is 5.73 Å². The van der Waals surface area contributed by atoms with Crippen LogP contribution in [0, 0.1) is 11.7 Å². The molecule has 0 spiro atoms. The first-order valence-corrected chi connectivity index (χ1v) is 8.84. The Labute approximate surface area is 127 Å². The molecule has 1 aromatic carbocycles. The number of nitrogens with one attached hydrogen (secondary N) is 1. The molecule has 2 unspecified atom stereocenters. The lowest BCUT2D eigenvalue weighted by atomic mass is 9.88. The van der Waals surface area contributed by atoms with Crippen molar-refractivity contribution in [2.45, 2.75) is 43.5 Å². The average Bonchev–Trinajstić information content (AvgIpc) is 2.33. The molecule has 1 fully saturated rings. The van der Waals surface area contributed by atoms with Crippen molar-refractivity contribution in [3.63, 3.8) is 0 Å². The predicted octanol–water partition coefficient (Wildman–Crippen LogP) is 3.03. The van der Waals surface area contributed by atoms with E-state index in [0.717, 1.165) is 31.7 Å².